The molecule has 4 rings (SSSR count). The van der Waals surface area contributed by atoms with Crippen molar-refractivity contribution in [3.05, 3.63) is 65.9 Å². The van der Waals surface area contributed by atoms with Crippen LogP contribution in [0.4, 0.5) is 5.69 Å². The number of aromatic nitrogens is 1. The van der Waals surface area contributed by atoms with E-state index in [4.69, 9.17) is 4.74 Å². The Labute approximate surface area is 165 Å². The van der Waals surface area contributed by atoms with Crippen LogP contribution in [-0.4, -0.2) is 43.0 Å². The summed E-state index contributed by atoms with van der Waals surface area (Å²) >= 11 is 0. The third kappa shape index (κ3) is 3.71. The van der Waals surface area contributed by atoms with E-state index in [-0.39, 0.29) is 5.91 Å². The molecule has 0 bridgehead atoms. The minimum Gasteiger partial charge on any atom is -0.480 e. The molecule has 28 heavy (non-hydrogen) atoms. The maximum Gasteiger partial charge on any atom is 0.255 e. The van der Waals surface area contributed by atoms with E-state index in [9.17, 15) is 4.79 Å². The quantitative estimate of drug-likeness (QED) is 0.738. The average molecular weight is 375 g/mol. The normalized spacial score (nSPS) is 15.5. The lowest BCUT2D eigenvalue weighted by atomic mass is 9.89. The number of fused-ring (bicyclic) bond motifs is 1. The highest BCUT2D eigenvalue weighted by Gasteiger charge is 2.19. The van der Waals surface area contributed by atoms with Crippen molar-refractivity contribution < 1.29 is 9.53 Å². The number of methoxy groups -OCH3 is 1. The van der Waals surface area contributed by atoms with Crippen molar-refractivity contribution >= 4 is 22.4 Å². The van der Waals surface area contributed by atoms with Crippen molar-refractivity contribution in [1.82, 2.24) is 9.88 Å². The van der Waals surface area contributed by atoms with Crippen molar-refractivity contribution in [3.63, 3.8) is 0 Å². The van der Waals surface area contributed by atoms with Gasteiger partial charge in [0.2, 0.25) is 5.88 Å². The largest absolute Gasteiger partial charge is 0.480 e. The summed E-state index contributed by atoms with van der Waals surface area (Å²) in [5, 5.41) is 4.80. The Morgan fingerprint density at radius 1 is 1.11 bits per heavy atom. The number of nitrogens with zero attached hydrogens (tertiary/aromatic N) is 2. The number of carbonyl (C=O) groups excluding carboxylic acids is 1. The predicted octanol–water partition coefficient (Wildman–Crippen LogP) is 4.30. The highest BCUT2D eigenvalue weighted by Crippen LogP contribution is 2.31. The molecule has 1 aromatic heterocycles. The summed E-state index contributed by atoms with van der Waals surface area (Å²) in [5.74, 6) is 0.959. The van der Waals surface area contributed by atoms with Crippen LogP contribution < -0.4 is 10.1 Å². The molecule has 1 N–H and O–H groups in total. The molecule has 5 heteroatoms. The number of piperidine rings is 1. The molecule has 2 heterocycles. The fraction of sp³-hybridized carbons (Fsp3) is 0.304. The number of carbonyl (C=O) groups is 1. The van der Waals surface area contributed by atoms with Crippen molar-refractivity contribution in [2.45, 2.75) is 18.8 Å². The van der Waals surface area contributed by atoms with Crippen molar-refractivity contribution in [2.75, 3.05) is 32.6 Å². The fourth-order valence-electron chi connectivity index (χ4n) is 3.90. The van der Waals surface area contributed by atoms with Gasteiger partial charge in [-0.2, -0.15) is 0 Å². The Morgan fingerprint density at radius 2 is 1.86 bits per heavy atom. The molecule has 0 saturated carbocycles. The van der Waals surface area contributed by atoms with E-state index in [1.54, 1.807) is 13.3 Å². The summed E-state index contributed by atoms with van der Waals surface area (Å²) in [6, 6.07) is 15.7. The van der Waals surface area contributed by atoms with Crippen LogP contribution in [0.15, 0.2) is 54.7 Å². The van der Waals surface area contributed by atoms with Gasteiger partial charge >= 0.3 is 0 Å². The second kappa shape index (κ2) is 7.98. The summed E-state index contributed by atoms with van der Waals surface area (Å²) in [6.45, 7) is 2.26. The molecule has 5 nitrogen and oxygen atoms in total. The van der Waals surface area contributed by atoms with Gasteiger partial charge in [0.05, 0.1) is 18.2 Å². The maximum atomic E-state index is 12.8. The van der Waals surface area contributed by atoms with Crippen molar-refractivity contribution in [1.29, 1.82) is 0 Å². The van der Waals surface area contributed by atoms with E-state index in [1.165, 1.54) is 18.4 Å². The molecule has 144 valence electrons. The van der Waals surface area contributed by atoms with Crippen LogP contribution in [0.5, 0.6) is 5.88 Å². The maximum absolute atomic E-state index is 12.8. The predicted molar refractivity (Wildman–Crippen MR) is 112 cm³/mol. The van der Waals surface area contributed by atoms with Gasteiger partial charge in [0.15, 0.2) is 0 Å². The first kappa shape index (κ1) is 18.4. The number of ether oxygens (including phenoxy) is 1. The number of amides is 1. The minimum absolute atomic E-state index is 0.131. The molecular formula is C23H25N3O2. The molecule has 1 aliphatic heterocycles. The van der Waals surface area contributed by atoms with Crippen molar-refractivity contribution in [2.24, 2.45) is 0 Å². The molecule has 0 aliphatic carbocycles. The summed E-state index contributed by atoms with van der Waals surface area (Å²) in [6.07, 6.45) is 4.05. The van der Waals surface area contributed by atoms with Crippen LogP contribution in [0.25, 0.3) is 10.8 Å². The van der Waals surface area contributed by atoms with Crippen LogP contribution >= 0.6 is 0 Å². The van der Waals surface area contributed by atoms with Gasteiger partial charge in [0.25, 0.3) is 5.91 Å². The molecule has 0 spiro atoms. The number of pyridine rings is 1. The summed E-state index contributed by atoms with van der Waals surface area (Å²) in [5.41, 5.74) is 2.67. The summed E-state index contributed by atoms with van der Waals surface area (Å²) in [7, 11) is 3.75. The van der Waals surface area contributed by atoms with E-state index in [2.05, 4.69) is 34.4 Å². The number of benzene rings is 2. The lowest BCUT2D eigenvalue weighted by molar-refractivity contribution is 0.102. The lowest BCUT2D eigenvalue weighted by Gasteiger charge is -2.29. The lowest BCUT2D eigenvalue weighted by Crippen LogP contribution is -2.29. The number of nitrogens with one attached hydrogen (secondary N) is 1. The van der Waals surface area contributed by atoms with Gasteiger partial charge in [-0.1, -0.05) is 24.3 Å². The summed E-state index contributed by atoms with van der Waals surface area (Å²) in [4.78, 5) is 19.4. The monoisotopic (exact) mass is 375 g/mol. The number of anilines is 1. The second-order valence-electron chi connectivity index (χ2n) is 7.38. The topological polar surface area (TPSA) is 54.5 Å². The molecule has 1 fully saturated rings. The number of hydrogen-bond acceptors (Lipinski definition) is 4. The first-order valence-electron chi connectivity index (χ1n) is 9.67. The van der Waals surface area contributed by atoms with Gasteiger partial charge < -0.3 is 15.0 Å². The van der Waals surface area contributed by atoms with Crippen LogP contribution in [-0.2, 0) is 0 Å². The fourth-order valence-corrected chi connectivity index (χ4v) is 3.90. The highest BCUT2D eigenvalue weighted by molar-refractivity contribution is 6.10. The van der Waals surface area contributed by atoms with Gasteiger partial charge in [-0.25, -0.2) is 4.98 Å². The second-order valence-corrected chi connectivity index (χ2v) is 7.38. The molecule has 1 saturated heterocycles. The Balaban J connectivity index is 1.54. The van der Waals surface area contributed by atoms with Gasteiger partial charge in [-0.3, -0.25) is 4.79 Å². The molecular weight excluding hydrogens is 350 g/mol. The number of rotatable bonds is 4. The van der Waals surface area contributed by atoms with E-state index in [0.717, 1.165) is 23.9 Å². The third-order valence-corrected chi connectivity index (χ3v) is 5.56. The smallest absolute Gasteiger partial charge is 0.255 e. The zero-order valence-electron chi connectivity index (χ0n) is 16.3. The zero-order chi connectivity index (χ0) is 19.5. The van der Waals surface area contributed by atoms with Gasteiger partial charge in [-0.15, -0.1) is 0 Å². The van der Waals surface area contributed by atoms with Gasteiger partial charge in [0, 0.05) is 11.8 Å². The highest BCUT2D eigenvalue weighted by atomic mass is 16.5. The first-order chi connectivity index (χ1) is 13.7. The van der Waals surface area contributed by atoms with E-state index < -0.39 is 0 Å². The molecule has 3 aromatic rings. The van der Waals surface area contributed by atoms with Crippen molar-refractivity contribution in [3.8, 4) is 5.88 Å². The number of likely N-dealkylation sites (tertiary alicyclic amines) is 1. The summed E-state index contributed by atoms with van der Waals surface area (Å²) < 4.78 is 5.38. The molecule has 0 unspecified atom stereocenters. The number of hydrogen-bond donors (Lipinski definition) is 1. The Bertz CT molecular complexity index is 972. The molecule has 1 amide bonds. The Hall–Kier alpha value is -2.92. The minimum atomic E-state index is -0.131. The van der Waals surface area contributed by atoms with Crippen LogP contribution in [0.1, 0.15) is 34.7 Å². The van der Waals surface area contributed by atoms with Gasteiger partial charge in [0.1, 0.15) is 0 Å². The van der Waals surface area contributed by atoms with E-state index >= 15 is 0 Å². The van der Waals surface area contributed by atoms with Crippen LogP contribution in [0.2, 0.25) is 0 Å². The Kier molecular flexibility index (Phi) is 5.26. The van der Waals surface area contributed by atoms with Gasteiger partial charge in [-0.05, 0) is 74.1 Å². The molecule has 1 aliphatic rings. The third-order valence-electron chi connectivity index (χ3n) is 5.56. The van der Waals surface area contributed by atoms with Crippen LogP contribution in [0, 0.1) is 0 Å². The zero-order valence-corrected chi connectivity index (χ0v) is 16.3. The molecule has 0 atom stereocenters. The SMILES string of the molecule is COc1nccc2cccc(NC(=O)c3ccc(C4CCN(C)CC4)cc3)c12. The molecule has 2 aromatic carbocycles. The molecule has 0 radical (unpaired) electrons. The average Bonchev–Trinajstić information content (AvgIpc) is 2.74. The Morgan fingerprint density at radius 3 is 2.57 bits per heavy atom. The standard InChI is InChI=1S/C23H25N3O2/c1-26-14-11-17(12-15-26)16-6-8-19(9-7-16)22(27)25-20-5-3-4-18-10-13-24-23(28-2)21(18)20/h3-10,13,17H,11-12,14-15H2,1-2H3,(H,25,27). The van der Waals surface area contributed by atoms with E-state index in [1.807, 2.05) is 36.4 Å². The first-order valence-corrected chi connectivity index (χ1v) is 9.67. The van der Waals surface area contributed by atoms with Crippen LogP contribution in [0.3, 0.4) is 0 Å². The van der Waals surface area contributed by atoms with E-state index in [0.29, 0.717) is 23.0 Å².